The van der Waals surface area contributed by atoms with E-state index in [0.717, 1.165) is 17.8 Å². The van der Waals surface area contributed by atoms with Crippen molar-refractivity contribution in [3.63, 3.8) is 0 Å². The molecule has 1 aliphatic heterocycles. The molecular formula is C18H19FN2O2. The van der Waals surface area contributed by atoms with E-state index in [9.17, 15) is 14.3 Å². The van der Waals surface area contributed by atoms with Crippen LogP contribution in [0, 0.1) is 5.82 Å². The van der Waals surface area contributed by atoms with Crippen LogP contribution in [0.1, 0.15) is 17.2 Å². The molecule has 0 saturated carbocycles. The third kappa shape index (κ3) is 3.19. The highest BCUT2D eigenvalue weighted by molar-refractivity contribution is 5.75. The van der Waals surface area contributed by atoms with Crippen LogP contribution < -0.4 is 4.90 Å². The van der Waals surface area contributed by atoms with Gasteiger partial charge in [-0.1, -0.05) is 30.3 Å². The third-order valence-corrected chi connectivity index (χ3v) is 4.28. The molecule has 2 aromatic rings. The van der Waals surface area contributed by atoms with Crippen molar-refractivity contribution in [2.24, 2.45) is 0 Å². The van der Waals surface area contributed by atoms with Crippen molar-refractivity contribution in [1.82, 2.24) is 4.90 Å². The second kappa shape index (κ2) is 6.38. The number of benzene rings is 2. The zero-order valence-electron chi connectivity index (χ0n) is 12.9. The molecule has 5 heteroatoms. The summed E-state index contributed by atoms with van der Waals surface area (Å²) in [5.74, 6) is -1.28. The summed E-state index contributed by atoms with van der Waals surface area (Å²) < 4.78 is 13.1. The molecule has 1 heterocycles. The Morgan fingerprint density at radius 2 is 1.83 bits per heavy atom. The van der Waals surface area contributed by atoms with Gasteiger partial charge in [0, 0.05) is 32.4 Å². The topological polar surface area (TPSA) is 43.8 Å². The fraction of sp³-hybridized carbons (Fsp3) is 0.278. The molecule has 0 bridgehead atoms. The normalized spacial score (nSPS) is 16.5. The van der Waals surface area contributed by atoms with Gasteiger partial charge in [-0.15, -0.1) is 0 Å². The number of rotatable bonds is 3. The first-order valence-electron chi connectivity index (χ1n) is 7.57. The minimum absolute atomic E-state index is 0.362. The number of carbonyl (C=O) groups is 1. The first-order chi connectivity index (χ1) is 11.1. The number of hydrogen-bond donors (Lipinski definition) is 1. The van der Waals surface area contributed by atoms with E-state index in [2.05, 4.69) is 4.90 Å². The molecule has 4 nitrogen and oxygen atoms in total. The quantitative estimate of drug-likeness (QED) is 0.946. The summed E-state index contributed by atoms with van der Waals surface area (Å²) in [4.78, 5) is 15.9. The van der Waals surface area contributed by atoms with Crippen LogP contribution in [-0.4, -0.2) is 36.1 Å². The van der Waals surface area contributed by atoms with E-state index in [1.807, 2.05) is 36.2 Å². The minimum atomic E-state index is -0.918. The predicted octanol–water partition coefficient (Wildman–Crippen LogP) is 2.90. The molecule has 1 unspecified atom stereocenters. The van der Waals surface area contributed by atoms with Crippen molar-refractivity contribution in [3.05, 3.63) is 65.5 Å². The molecular weight excluding hydrogens is 295 g/mol. The first-order valence-corrected chi connectivity index (χ1v) is 7.57. The maximum absolute atomic E-state index is 13.1. The number of halogens is 1. The Morgan fingerprint density at radius 3 is 2.52 bits per heavy atom. The van der Waals surface area contributed by atoms with Gasteiger partial charge < -0.3 is 10.0 Å². The Bertz CT molecular complexity index is 702. The number of aliphatic carboxylic acids is 1. The van der Waals surface area contributed by atoms with Gasteiger partial charge in [0.05, 0.1) is 0 Å². The molecule has 120 valence electrons. The maximum atomic E-state index is 13.1. The van der Waals surface area contributed by atoms with E-state index in [-0.39, 0.29) is 5.82 Å². The van der Waals surface area contributed by atoms with Crippen molar-refractivity contribution >= 4 is 11.7 Å². The molecule has 3 rings (SSSR count). The molecule has 1 N–H and O–H groups in total. The maximum Gasteiger partial charge on any atom is 0.325 e. The summed E-state index contributed by atoms with van der Waals surface area (Å²) in [6.45, 7) is 1.91. The fourth-order valence-corrected chi connectivity index (χ4v) is 3.09. The van der Waals surface area contributed by atoms with Gasteiger partial charge in [0.15, 0.2) is 0 Å². The zero-order chi connectivity index (χ0) is 16.4. The summed E-state index contributed by atoms with van der Waals surface area (Å²) in [7, 11) is 2.01. The highest BCUT2D eigenvalue weighted by Crippen LogP contribution is 2.29. The molecule has 23 heavy (non-hydrogen) atoms. The van der Waals surface area contributed by atoms with E-state index >= 15 is 0 Å². The molecule has 2 aromatic carbocycles. The molecule has 0 amide bonds. The largest absolute Gasteiger partial charge is 0.480 e. The van der Waals surface area contributed by atoms with Crippen LogP contribution in [0.2, 0.25) is 0 Å². The fourth-order valence-electron chi connectivity index (χ4n) is 3.09. The summed E-state index contributed by atoms with van der Waals surface area (Å²) in [6.07, 6.45) is 0. The average Bonchev–Trinajstić information content (AvgIpc) is 2.69. The highest BCUT2D eigenvalue weighted by atomic mass is 19.1. The zero-order valence-corrected chi connectivity index (χ0v) is 12.9. The first kappa shape index (κ1) is 15.5. The van der Waals surface area contributed by atoms with Crippen molar-refractivity contribution in [2.45, 2.75) is 12.6 Å². The molecule has 1 atom stereocenters. The lowest BCUT2D eigenvalue weighted by Gasteiger charge is -2.28. The number of fused-ring (bicyclic) bond motifs is 1. The van der Waals surface area contributed by atoms with Gasteiger partial charge in [-0.3, -0.25) is 9.69 Å². The second-order valence-corrected chi connectivity index (χ2v) is 5.81. The number of nitrogens with zero attached hydrogens (tertiary/aromatic N) is 2. The second-order valence-electron chi connectivity index (χ2n) is 5.81. The molecule has 0 aromatic heterocycles. The summed E-state index contributed by atoms with van der Waals surface area (Å²) in [5, 5.41) is 9.70. The Hall–Kier alpha value is -2.40. The van der Waals surface area contributed by atoms with Crippen LogP contribution >= 0.6 is 0 Å². The average molecular weight is 314 g/mol. The number of likely N-dealkylation sites (N-methyl/N-ethyl adjacent to an activating group) is 1. The standard InChI is InChI=1S/C18H19FN2O2/c1-20-10-11-21(12-14-4-2-3-5-16(14)20)17(18(22)23)13-6-8-15(19)9-7-13/h2-9,17H,10-12H2,1H3,(H,22,23). The number of hydrogen-bond acceptors (Lipinski definition) is 3. The van der Waals surface area contributed by atoms with Crippen molar-refractivity contribution < 1.29 is 14.3 Å². The Balaban J connectivity index is 1.95. The number of carboxylic acid groups (broad SMARTS) is 1. The SMILES string of the molecule is CN1CCN(C(C(=O)O)c2ccc(F)cc2)Cc2ccccc21. The van der Waals surface area contributed by atoms with Gasteiger partial charge in [-0.2, -0.15) is 0 Å². The smallest absolute Gasteiger partial charge is 0.325 e. The molecule has 0 aliphatic carbocycles. The van der Waals surface area contributed by atoms with Crippen LogP contribution in [-0.2, 0) is 11.3 Å². The lowest BCUT2D eigenvalue weighted by molar-refractivity contribution is -0.143. The lowest BCUT2D eigenvalue weighted by atomic mass is 10.0. The van der Waals surface area contributed by atoms with Gasteiger partial charge in [0.2, 0.25) is 0 Å². The van der Waals surface area contributed by atoms with E-state index in [1.54, 1.807) is 12.1 Å². The minimum Gasteiger partial charge on any atom is -0.480 e. The molecule has 0 fully saturated rings. The van der Waals surface area contributed by atoms with Gasteiger partial charge >= 0.3 is 5.97 Å². The van der Waals surface area contributed by atoms with E-state index < -0.39 is 12.0 Å². The number of para-hydroxylation sites is 1. The number of carboxylic acids is 1. The lowest BCUT2D eigenvalue weighted by Crippen LogP contribution is -2.36. The molecule has 1 aliphatic rings. The monoisotopic (exact) mass is 314 g/mol. The summed E-state index contributed by atoms with van der Waals surface area (Å²) >= 11 is 0. The Morgan fingerprint density at radius 1 is 1.13 bits per heavy atom. The Labute approximate surface area is 134 Å². The van der Waals surface area contributed by atoms with Crippen molar-refractivity contribution in [2.75, 3.05) is 25.0 Å². The van der Waals surface area contributed by atoms with Crippen molar-refractivity contribution in [3.8, 4) is 0 Å². The van der Waals surface area contributed by atoms with Crippen LogP contribution in [0.15, 0.2) is 48.5 Å². The van der Waals surface area contributed by atoms with Crippen LogP contribution in [0.25, 0.3) is 0 Å². The summed E-state index contributed by atoms with van der Waals surface area (Å²) in [5.41, 5.74) is 2.82. The summed E-state index contributed by atoms with van der Waals surface area (Å²) in [6, 6.07) is 13.0. The molecule has 0 spiro atoms. The Kier molecular flexibility index (Phi) is 4.30. The van der Waals surface area contributed by atoms with Crippen LogP contribution in [0.3, 0.4) is 0 Å². The highest BCUT2D eigenvalue weighted by Gasteiger charge is 2.30. The van der Waals surface area contributed by atoms with Crippen LogP contribution in [0.5, 0.6) is 0 Å². The van der Waals surface area contributed by atoms with E-state index in [4.69, 9.17) is 0 Å². The molecule has 0 saturated heterocycles. The van der Waals surface area contributed by atoms with Crippen molar-refractivity contribution in [1.29, 1.82) is 0 Å². The van der Waals surface area contributed by atoms with Gasteiger partial charge in [0.1, 0.15) is 11.9 Å². The number of anilines is 1. The molecule has 0 radical (unpaired) electrons. The van der Waals surface area contributed by atoms with Gasteiger partial charge in [-0.05, 0) is 29.3 Å². The third-order valence-electron chi connectivity index (χ3n) is 4.28. The van der Waals surface area contributed by atoms with Gasteiger partial charge in [0.25, 0.3) is 0 Å². The van der Waals surface area contributed by atoms with E-state index in [1.165, 1.54) is 12.1 Å². The van der Waals surface area contributed by atoms with Crippen LogP contribution in [0.4, 0.5) is 10.1 Å². The van der Waals surface area contributed by atoms with Gasteiger partial charge in [-0.25, -0.2) is 4.39 Å². The van der Waals surface area contributed by atoms with E-state index in [0.29, 0.717) is 18.7 Å². The predicted molar refractivity (Wildman–Crippen MR) is 86.9 cm³/mol.